The molecular weight excluding hydrogens is 202 g/mol. The third-order valence-corrected chi connectivity index (χ3v) is 3.09. The minimum Gasteiger partial charge on any atom is -0.385 e. The van der Waals surface area contributed by atoms with E-state index in [1.807, 2.05) is 0 Å². The number of hydrazine groups is 1. The highest BCUT2D eigenvalue weighted by molar-refractivity contribution is 5.81. The summed E-state index contributed by atoms with van der Waals surface area (Å²) < 4.78 is 5.02. The van der Waals surface area contributed by atoms with Gasteiger partial charge in [0.25, 0.3) is 0 Å². The maximum atomic E-state index is 5.49. The van der Waals surface area contributed by atoms with Crippen LogP contribution < -0.4 is 11.3 Å². The van der Waals surface area contributed by atoms with Crippen LogP contribution in [0.2, 0.25) is 0 Å². The first-order chi connectivity index (χ1) is 7.86. The smallest absolute Gasteiger partial charge is 0.111 e. The van der Waals surface area contributed by atoms with Crippen LogP contribution in [-0.4, -0.2) is 25.6 Å². The summed E-state index contributed by atoms with van der Waals surface area (Å²) in [5.41, 5.74) is 2.72. The van der Waals surface area contributed by atoms with E-state index in [1.54, 1.807) is 7.11 Å². The van der Waals surface area contributed by atoms with Gasteiger partial charge in [-0.05, 0) is 19.3 Å². The summed E-state index contributed by atoms with van der Waals surface area (Å²) in [6.45, 7) is 0.769. The van der Waals surface area contributed by atoms with E-state index in [0.29, 0.717) is 6.04 Å². The number of ether oxygens (including phenoxy) is 1. The molecule has 0 heterocycles. The van der Waals surface area contributed by atoms with E-state index in [-0.39, 0.29) is 0 Å². The minimum atomic E-state index is 0.482. The van der Waals surface area contributed by atoms with E-state index in [2.05, 4.69) is 5.43 Å². The van der Waals surface area contributed by atoms with Gasteiger partial charge in [-0.1, -0.05) is 25.7 Å². The Hall–Kier alpha value is -0.610. The number of nitrogens with two attached hydrogens (primary N) is 1. The van der Waals surface area contributed by atoms with Crippen LogP contribution in [0.25, 0.3) is 0 Å². The fourth-order valence-electron chi connectivity index (χ4n) is 2.17. The lowest BCUT2D eigenvalue weighted by Gasteiger charge is -2.12. The van der Waals surface area contributed by atoms with Crippen molar-refractivity contribution in [2.24, 2.45) is 10.8 Å². The van der Waals surface area contributed by atoms with Crippen LogP contribution in [0.5, 0.6) is 0 Å². The lowest BCUT2D eigenvalue weighted by molar-refractivity contribution is 0.196. The zero-order valence-electron chi connectivity index (χ0n) is 10.4. The van der Waals surface area contributed by atoms with E-state index in [4.69, 9.17) is 15.6 Å². The number of aliphatic imine (C=N–C) groups is 1. The molecule has 0 amide bonds. The van der Waals surface area contributed by atoms with Crippen LogP contribution in [0, 0.1) is 0 Å². The van der Waals surface area contributed by atoms with Crippen molar-refractivity contribution in [2.45, 2.75) is 57.4 Å². The third kappa shape index (κ3) is 5.47. The Morgan fingerprint density at radius 1 is 1.31 bits per heavy atom. The topological polar surface area (TPSA) is 59.6 Å². The lowest BCUT2D eigenvalue weighted by atomic mass is 10.1. The Balaban J connectivity index is 2.36. The molecule has 4 heteroatoms. The summed E-state index contributed by atoms with van der Waals surface area (Å²) in [4.78, 5) is 4.71. The van der Waals surface area contributed by atoms with Gasteiger partial charge in [0.1, 0.15) is 5.84 Å². The minimum absolute atomic E-state index is 0.482. The first-order valence-electron chi connectivity index (χ1n) is 6.39. The average molecular weight is 227 g/mol. The molecule has 0 radical (unpaired) electrons. The molecule has 16 heavy (non-hydrogen) atoms. The van der Waals surface area contributed by atoms with Crippen molar-refractivity contribution >= 4 is 5.84 Å². The molecule has 0 saturated heterocycles. The van der Waals surface area contributed by atoms with Gasteiger partial charge in [0.05, 0.1) is 6.04 Å². The Morgan fingerprint density at radius 2 is 2.00 bits per heavy atom. The van der Waals surface area contributed by atoms with Gasteiger partial charge in [0.2, 0.25) is 0 Å². The second kappa shape index (κ2) is 8.53. The molecule has 1 rings (SSSR count). The number of hydrogen-bond donors (Lipinski definition) is 2. The summed E-state index contributed by atoms with van der Waals surface area (Å²) in [6, 6.07) is 0.482. The fourth-order valence-corrected chi connectivity index (χ4v) is 2.17. The fraction of sp³-hybridized carbons (Fsp3) is 0.917. The maximum absolute atomic E-state index is 5.49. The predicted molar refractivity (Wildman–Crippen MR) is 67.4 cm³/mol. The van der Waals surface area contributed by atoms with Gasteiger partial charge in [-0.3, -0.25) is 4.99 Å². The summed E-state index contributed by atoms with van der Waals surface area (Å²) >= 11 is 0. The second-order valence-electron chi connectivity index (χ2n) is 4.46. The van der Waals surface area contributed by atoms with Gasteiger partial charge < -0.3 is 10.2 Å². The molecule has 0 bridgehead atoms. The van der Waals surface area contributed by atoms with Gasteiger partial charge in [-0.25, -0.2) is 5.84 Å². The quantitative estimate of drug-likeness (QED) is 0.189. The monoisotopic (exact) mass is 227 g/mol. The van der Waals surface area contributed by atoms with E-state index >= 15 is 0 Å². The SMILES string of the molecule is COCCCC(=NC1CCCCCC1)NN. The van der Waals surface area contributed by atoms with Gasteiger partial charge in [0.15, 0.2) is 0 Å². The number of nitrogens with one attached hydrogen (secondary N) is 1. The van der Waals surface area contributed by atoms with Crippen molar-refractivity contribution < 1.29 is 4.74 Å². The van der Waals surface area contributed by atoms with Crippen molar-refractivity contribution in [3.05, 3.63) is 0 Å². The molecule has 0 atom stereocenters. The molecule has 0 aromatic carbocycles. The number of amidine groups is 1. The molecule has 4 nitrogen and oxygen atoms in total. The summed E-state index contributed by atoms with van der Waals surface area (Å²) in [6.07, 6.45) is 9.65. The second-order valence-corrected chi connectivity index (χ2v) is 4.46. The van der Waals surface area contributed by atoms with Crippen LogP contribution in [0.4, 0.5) is 0 Å². The third-order valence-electron chi connectivity index (χ3n) is 3.09. The predicted octanol–water partition coefficient (Wildman–Crippen LogP) is 2.00. The zero-order chi connectivity index (χ0) is 11.6. The molecule has 0 aromatic heterocycles. The molecular formula is C12H25N3O. The molecule has 0 spiro atoms. The number of hydrogen-bond acceptors (Lipinski definition) is 3. The average Bonchev–Trinajstić information content (AvgIpc) is 2.56. The van der Waals surface area contributed by atoms with Gasteiger partial charge in [0, 0.05) is 20.1 Å². The molecule has 94 valence electrons. The highest BCUT2D eigenvalue weighted by Gasteiger charge is 2.11. The van der Waals surface area contributed by atoms with Gasteiger partial charge >= 0.3 is 0 Å². The Labute approximate surface area is 98.6 Å². The molecule has 1 fully saturated rings. The van der Waals surface area contributed by atoms with Crippen molar-refractivity contribution in [1.82, 2.24) is 5.43 Å². The van der Waals surface area contributed by atoms with Crippen LogP contribution >= 0.6 is 0 Å². The van der Waals surface area contributed by atoms with Crippen LogP contribution in [0.1, 0.15) is 51.4 Å². The molecule has 0 aliphatic heterocycles. The molecule has 0 aromatic rings. The summed E-state index contributed by atoms with van der Waals surface area (Å²) in [5.74, 6) is 6.42. The molecule has 1 saturated carbocycles. The molecule has 0 unspecified atom stereocenters. The maximum Gasteiger partial charge on any atom is 0.111 e. The van der Waals surface area contributed by atoms with Crippen molar-refractivity contribution in [1.29, 1.82) is 0 Å². The van der Waals surface area contributed by atoms with Crippen molar-refractivity contribution in [3.8, 4) is 0 Å². The normalized spacial score (nSPS) is 19.5. The van der Waals surface area contributed by atoms with Crippen LogP contribution in [0.15, 0.2) is 4.99 Å². The lowest BCUT2D eigenvalue weighted by Crippen LogP contribution is -2.31. The largest absolute Gasteiger partial charge is 0.385 e. The Kier molecular flexibility index (Phi) is 7.17. The highest BCUT2D eigenvalue weighted by Crippen LogP contribution is 2.19. The molecule has 3 N–H and O–H groups in total. The molecule has 1 aliphatic rings. The number of methoxy groups -OCH3 is 1. The Bertz CT molecular complexity index is 198. The summed E-state index contributed by atoms with van der Waals surface area (Å²) in [5, 5.41) is 0. The first-order valence-corrected chi connectivity index (χ1v) is 6.39. The van der Waals surface area contributed by atoms with Gasteiger partial charge in [-0.2, -0.15) is 0 Å². The van der Waals surface area contributed by atoms with Crippen molar-refractivity contribution in [2.75, 3.05) is 13.7 Å². The molecule has 1 aliphatic carbocycles. The van der Waals surface area contributed by atoms with E-state index in [0.717, 1.165) is 25.3 Å². The van der Waals surface area contributed by atoms with E-state index < -0.39 is 0 Å². The first kappa shape index (κ1) is 13.5. The van der Waals surface area contributed by atoms with Gasteiger partial charge in [-0.15, -0.1) is 0 Å². The van der Waals surface area contributed by atoms with E-state index in [1.165, 1.54) is 38.5 Å². The summed E-state index contributed by atoms with van der Waals surface area (Å²) in [7, 11) is 1.72. The zero-order valence-corrected chi connectivity index (χ0v) is 10.4. The van der Waals surface area contributed by atoms with Crippen LogP contribution in [0.3, 0.4) is 0 Å². The van der Waals surface area contributed by atoms with Crippen molar-refractivity contribution in [3.63, 3.8) is 0 Å². The highest BCUT2D eigenvalue weighted by atomic mass is 16.5. The standard InChI is InChI=1S/C12H25N3O/c1-16-10-6-9-12(15-13)14-11-7-4-2-3-5-8-11/h11H,2-10,13H2,1H3,(H,14,15). The van der Waals surface area contributed by atoms with E-state index in [9.17, 15) is 0 Å². The number of nitrogens with zero attached hydrogens (tertiary/aromatic N) is 1. The van der Waals surface area contributed by atoms with Crippen LogP contribution in [-0.2, 0) is 4.74 Å². The number of rotatable bonds is 5. The Morgan fingerprint density at radius 3 is 2.56 bits per heavy atom.